The van der Waals surface area contributed by atoms with Crippen LogP contribution in [0.15, 0.2) is 164 Å². The molecule has 0 spiro atoms. The SMILES string of the molecule is c1ccc(-c2ccc(-c3nc(-n4c5cccc6ccc7cc(-c8ccc9sc%10ccccc%10c9c8)cc4c7c65)nc4ccccc34)cc2)cc1. The van der Waals surface area contributed by atoms with E-state index >= 15 is 0 Å². The summed E-state index contributed by atoms with van der Waals surface area (Å²) >= 11 is 1.85. The molecule has 0 bridgehead atoms. The first-order chi connectivity index (χ1) is 24.8. The van der Waals surface area contributed by atoms with Crippen LogP contribution in [0.1, 0.15) is 0 Å². The lowest BCUT2D eigenvalue weighted by molar-refractivity contribution is 1.01. The molecule has 0 N–H and O–H groups in total. The summed E-state index contributed by atoms with van der Waals surface area (Å²) in [5, 5.41) is 8.57. The predicted octanol–water partition coefficient (Wildman–Crippen LogP) is 12.7. The van der Waals surface area contributed by atoms with Gasteiger partial charge in [0.1, 0.15) is 0 Å². The average Bonchev–Trinajstić information content (AvgIpc) is 3.73. The van der Waals surface area contributed by atoms with Crippen LogP contribution in [0.4, 0.5) is 0 Å². The zero-order valence-electron chi connectivity index (χ0n) is 26.8. The normalized spacial score (nSPS) is 12.0. The van der Waals surface area contributed by atoms with E-state index < -0.39 is 0 Å². The fourth-order valence-corrected chi connectivity index (χ4v) is 8.90. The number of fused-ring (bicyclic) bond motifs is 4. The summed E-state index contributed by atoms with van der Waals surface area (Å²) in [4.78, 5) is 10.7. The summed E-state index contributed by atoms with van der Waals surface area (Å²) in [6.07, 6.45) is 0. The smallest absolute Gasteiger partial charge is 0.235 e. The van der Waals surface area contributed by atoms with Crippen molar-refractivity contribution in [2.24, 2.45) is 0 Å². The molecule has 0 fully saturated rings. The van der Waals surface area contributed by atoms with Crippen molar-refractivity contribution in [2.75, 3.05) is 0 Å². The zero-order chi connectivity index (χ0) is 32.8. The maximum Gasteiger partial charge on any atom is 0.235 e. The Morgan fingerprint density at radius 3 is 2.00 bits per heavy atom. The predicted molar refractivity (Wildman–Crippen MR) is 212 cm³/mol. The molecule has 3 heterocycles. The standard InChI is InChI=1S/C46H27N3S/c1-2-9-28(10-3-1)29-17-20-31(21-18-29)45-36-13-4-6-14-38(36)47-46(48-45)49-39-15-8-11-30-19-22-33-25-34(27-40(49)44(33)43(30)39)32-23-24-42-37(26-32)35-12-5-7-16-41(35)50-42/h1-27H. The van der Waals surface area contributed by atoms with E-state index in [0.717, 1.165) is 33.2 Å². The Hall–Kier alpha value is -6.36. The van der Waals surface area contributed by atoms with Gasteiger partial charge < -0.3 is 0 Å². The van der Waals surface area contributed by atoms with E-state index in [1.807, 2.05) is 11.3 Å². The van der Waals surface area contributed by atoms with Gasteiger partial charge in [-0.15, -0.1) is 11.3 Å². The minimum absolute atomic E-state index is 0.673. The average molecular weight is 654 g/mol. The number of aromatic nitrogens is 3. The Labute approximate surface area is 291 Å². The lowest BCUT2D eigenvalue weighted by Crippen LogP contribution is -2.03. The first kappa shape index (κ1) is 27.6. The summed E-state index contributed by atoms with van der Waals surface area (Å²) in [6, 6.07) is 58.9. The maximum absolute atomic E-state index is 5.40. The molecule has 8 aromatic carbocycles. The van der Waals surface area contributed by atoms with Gasteiger partial charge in [0.2, 0.25) is 5.95 Å². The molecule has 11 aromatic rings. The van der Waals surface area contributed by atoms with Crippen LogP contribution in [-0.2, 0) is 0 Å². The van der Waals surface area contributed by atoms with Crippen molar-refractivity contribution in [3.63, 3.8) is 0 Å². The number of hydrogen-bond donors (Lipinski definition) is 0. The third-order valence-electron chi connectivity index (χ3n) is 10.2. The molecule has 4 heteroatoms. The second-order valence-corrected chi connectivity index (χ2v) is 14.1. The van der Waals surface area contributed by atoms with Gasteiger partial charge in [-0.1, -0.05) is 121 Å². The lowest BCUT2D eigenvalue weighted by atomic mass is 9.96. The number of rotatable bonds is 4. The third-order valence-corrected chi connectivity index (χ3v) is 11.3. The van der Waals surface area contributed by atoms with Gasteiger partial charge in [0.05, 0.1) is 22.2 Å². The van der Waals surface area contributed by atoms with Crippen molar-refractivity contribution in [1.82, 2.24) is 14.5 Å². The molecule has 11 rings (SSSR count). The number of benzene rings is 8. The van der Waals surface area contributed by atoms with Crippen LogP contribution in [0.3, 0.4) is 0 Å². The van der Waals surface area contributed by atoms with Crippen molar-refractivity contribution in [3.8, 4) is 39.5 Å². The minimum atomic E-state index is 0.673. The first-order valence-electron chi connectivity index (χ1n) is 16.9. The quantitative estimate of drug-likeness (QED) is 0.177. The number of thiophene rings is 1. The van der Waals surface area contributed by atoms with Gasteiger partial charge in [0.25, 0.3) is 0 Å². The zero-order valence-corrected chi connectivity index (χ0v) is 27.7. The summed E-state index contributed by atoms with van der Waals surface area (Å²) in [5.41, 5.74) is 9.90. The largest absolute Gasteiger partial charge is 0.278 e. The fourth-order valence-electron chi connectivity index (χ4n) is 7.82. The summed E-state index contributed by atoms with van der Waals surface area (Å²) in [7, 11) is 0. The van der Waals surface area contributed by atoms with E-state index in [1.54, 1.807) is 0 Å². The number of nitrogens with zero attached hydrogens (tertiary/aromatic N) is 3. The van der Waals surface area contributed by atoms with Crippen LogP contribution >= 0.6 is 11.3 Å². The van der Waals surface area contributed by atoms with Crippen LogP contribution in [0.5, 0.6) is 0 Å². The van der Waals surface area contributed by atoms with Crippen molar-refractivity contribution in [2.45, 2.75) is 0 Å². The Bertz CT molecular complexity index is 3080. The van der Waals surface area contributed by atoms with Gasteiger partial charge in [0, 0.05) is 41.9 Å². The van der Waals surface area contributed by atoms with E-state index in [-0.39, 0.29) is 0 Å². The van der Waals surface area contributed by atoms with Crippen LogP contribution < -0.4 is 0 Å². The van der Waals surface area contributed by atoms with Crippen LogP contribution in [-0.4, -0.2) is 14.5 Å². The number of hydrogen-bond acceptors (Lipinski definition) is 3. The second-order valence-electron chi connectivity index (χ2n) is 13.0. The van der Waals surface area contributed by atoms with E-state index in [9.17, 15) is 0 Å². The van der Waals surface area contributed by atoms with Crippen molar-refractivity contribution < 1.29 is 0 Å². The molecule has 232 valence electrons. The Kier molecular flexibility index (Phi) is 5.83. The molecule has 0 radical (unpaired) electrons. The van der Waals surface area contributed by atoms with E-state index in [2.05, 4.69) is 168 Å². The minimum Gasteiger partial charge on any atom is -0.278 e. The van der Waals surface area contributed by atoms with Gasteiger partial charge in [-0.05, 0) is 75.5 Å². The highest BCUT2D eigenvalue weighted by Crippen LogP contribution is 2.43. The van der Waals surface area contributed by atoms with Crippen molar-refractivity contribution in [3.05, 3.63) is 164 Å². The Morgan fingerprint density at radius 2 is 1.10 bits per heavy atom. The third kappa shape index (κ3) is 4.09. The van der Waals surface area contributed by atoms with Gasteiger partial charge in [-0.2, -0.15) is 0 Å². The van der Waals surface area contributed by atoms with E-state index in [4.69, 9.17) is 9.97 Å². The van der Waals surface area contributed by atoms with Gasteiger partial charge >= 0.3 is 0 Å². The highest BCUT2D eigenvalue weighted by molar-refractivity contribution is 7.25. The van der Waals surface area contributed by atoms with Crippen molar-refractivity contribution >= 4 is 75.0 Å². The molecule has 3 nitrogen and oxygen atoms in total. The molecule has 0 aliphatic carbocycles. The molecule has 0 aliphatic heterocycles. The Morgan fingerprint density at radius 1 is 0.400 bits per heavy atom. The lowest BCUT2D eigenvalue weighted by Gasteiger charge is -2.13. The van der Waals surface area contributed by atoms with Crippen LogP contribution in [0.25, 0.3) is 103 Å². The molecule has 0 amide bonds. The maximum atomic E-state index is 5.40. The number of para-hydroxylation sites is 1. The topological polar surface area (TPSA) is 30.7 Å². The molecule has 0 aliphatic rings. The molecule has 0 saturated heterocycles. The summed E-state index contributed by atoms with van der Waals surface area (Å²) in [5.74, 6) is 0.673. The molecule has 3 aromatic heterocycles. The molecule has 0 atom stereocenters. The summed E-state index contributed by atoms with van der Waals surface area (Å²) in [6.45, 7) is 0. The summed E-state index contributed by atoms with van der Waals surface area (Å²) < 4.78 is 4.91. The molecule has 50 heavy (non-hydrogen) atoms. The van der Waals surface area contributed by atoms with Gasteiger partial charge in [-0.3, -0.25) is 4.57 Å². The molecule has 0 unspecified atom stereocenters. The second kappa shape index (κ2) is 10.6. The highest BCUT2D eigenvalue weighted by Gasteiger charge is 2.21. The van der Waals surface area contributed by atoms with Gasteiger partial charge in [0.15, 0.2) is 0 Å². The monoisotopic (exact) mass is 653 g/mol. The van der Waals surface area contributed by atoms with Crippen molar-refractivity contribution in [1.29, 1.82) is 0 Å². The highest BCUT2D eigenvalue weighted by atomic mass is 32.1. The van der Waals surface area contributed by atoms with E-state index in [0.29, 0.717) is 5.95 Å². The molecule has 0 saturated carbocycles. The van der Waals surface area contributed by atoms with E-state index in [1.165, 1.54) is 64.0 Å². The van der Waals surface area contributed by atoms with Crippen LogP contribution in [0, 0.1) is 0 Å². The molecular weight excluding hydrogens is 627 g/mol. The fraction of sp³-hybridized carbons (Fsp3) is 0. The Balaban J connectivity index is 1.16. The van der Waals surface area contributed by atoms with Crippen LogP contribution in [0.2, 0.25) is 0 Å². The molecular formula is C46H27N3S. The first-order valence-corrected chi connectivity index (χ1v) is 17.7. The van der Waals surface area contributed by atoms with Gasteiger partial charge in [-0.25, -0.2) is 9.97 Å².